The molecule has 1 aromatic carbocycles. The Bertz CT molecular complexity index is 917. The highest BCUT2D eigenvalue weighted by Crippen LogP contribution is 2.28. The van der Waals surface area contributed by atoms with Gasteiger partial charge < -0.3 is 15.5 Å². The summed E-state index contributed by atoms with van der Waals surface area (Å²) in [5.74, 6) is 1.13. The largest absolute Gasteiger partial charge is 0.329 e. The van der Waals surface area contributed by atoms with Gasteiger partial charge in [0.25, 0.3) is 0 Å². The molecule has 3 rings (SSSR count). The minimum atomic E-state index is -0.241. The lowest BCUT2D eigenvalue weighted by molar-refractivity contribution is -0.111. The van der Waals surface area contributed by atoms with Crippen molar-refractivity contribution in [3.05, 3.63) is 72.6 Å². The predicted octanol–water partition coefficient (Wildman–Crippen LogP) is 4.32. The molecule has 0 radical (unpaired) electrons. The monoisotopic (exact) mass is 361 g/mol. The smallest absolute Gasteiger partial charge is 0.247 e. The van der Waals surface area contributed by atoms with Crippen LogP contribution in [0.2, 0.25) is 0 Å². The topological polar surface area (TPSA) is 70.2 Å². The van der Waals surface area contributed by atoms with E-state index in [1.54, 1.807) is 0 Å². The standard InChI is InChI=1S/C21H23N5O/c1-4-19(27)23-17-11-8-12-18(13-17)26(3)20-15(2)14-22-21(25-20)24-16-9-6-5-7-10-16/h4-6,8-9,11-14H,1,7,10H2,2-3H3,(H,23,27)(H,22,24,25). The number of amides is 1. The summed E-state index contributed by atoms with van der Waals surface area (Å²) in [6, 6.07) is 7.58. The van der Waals surface area contributed by atoms with Crippen LogP contribution in [-0.2, 0) is 4.79 Å². The molecule has 2 N–H and O–H groups in total. The van der Waals surface area contributed by atoms with Crippen LogP contribution in [0.25, 0.3) is 0 Å². The Morgan fingerprint density at radius 3 is 2.96 bits per heavy atom. The summed E-state index contributed by atoms with van der Waals surface area (Å²) in [5.41, 5.74) is 3.67. The quantitative estimate of drug-likeness (QED) is 0.750. The molecule has 1 aliphatic rings. The zero-order valence-electron chi connectivity index (χ0n) is 15.6. The maximum atomic E-state index is 11.5. The van der Waals surface area contributed by atoms with Crippen molar-refractivity contribution < 1.29 is 4.79 Å². The number of nitrogens with one attached hydrogen (secondary N) is 2. The number of hydrogen-bond donors (Lipinski definition) is 2. The summed E-state index contributed by atoms with van der Waals surface area (Å²) in [6.45, 7) is 5.45. The molecule has 0 bridgehead atoms. The van der Waals surface area contributed by atoms with Gasteiger partial charge in [0, 0.05) is 35.9 Å². The molecule has 0 aliphatic heterocycles. The number of anilines is 4. The van der Waals surface area contributed by atoms with Gasteiger partial charge in [0.15, 0.2) is 0 Å². The van der Waals surface area contributed by atoms with E-state index < -0.39 is 0 Å². The van der Waals surface area contributed by atoms with Crippen LogP contribution in [0.3, 0.4) is 0 Å². The van der Waals surface area contributed by atoms with E-state index in [9.17, 15) is 4.79 Å². The summed E-state index contributed by atoms with van der Waals surface area (Å²) in [4.78, 5) is 22.6. The number of hydrogen-bond acceptors (Lipinski definition) is 5. The highest BCUT2D eigenvalue weighted by Gasteiger charge is 2.12. The summed E-state index contributed by atoms with van der Waals surface area (Å²) >= 11 is 0. The Hall–Kier alpha value is -3.41. The number of carbonyl (C=O) groups excluding carboxylic acids is 1. The maximum absolute atomic E-state index is 11.5. The lowest BCUT2D eigenvalue weighted by atomic mass is 10.1. The van der Waals surface area contributed by atoms with Crippen LogP contribution in [0, 0.1) is 6.92 Å². The first-order chi connectivity index (χ1) is 13.1. The van der Waals surface area contributed by atoms with Crippen molar-refractivity contribution in [3.8, 4) is 0 Å². The second-order valence-electron chi connectivity index (χ2n) is 6.29. The Kier molecular flexibility index (Phi) is 5.66. The molecule has 1 aliphatic carbocycles. The Balaban J connectivity index is 1.84. The zero-order valence-corrected chi connectivity index (χ0v) is 15.6. The molecule has 0 spiro atoms. The third kappa shape index (κ3) is 4.61. The van der Waals surface area contributed by atoms with Crippen molar-refractivity contribution in [3.63, 3.8) is 0 Å². The SMILES string of the molecule is C=CC(=O)Nc1cccc(N(C)c2nc(NC3=CC=CCC3)ncc2C)c1. The average Bonchev–Trinajstić information content (AvgIpc) is 2.70. The number of rotatable bonds is 6. The van der Waals surface area contributed by atoms with Crippen molar-refractivity contribution in [1.29, 1.82) is 0 Å². The van der Waals surface area contributed by atoms with Crippen LogP contribution in [-0.4, -0.2) is 22.9 Å². The first-order valence-electron chi connectivity index (χ1n) is 8.80. The molecule has 0 unspecified atom stereocenters. The van der Waals surface area contributed by atoms with Crippen LogP contribution in [0.5, 0.6) is 0 Å². The Labute approximate surface area is 159 Å². The lowest BCUT2D eigenvalue weighted by Gasteiger charge is -2.22. The molecular weight excluding hydrogens is 338 g/mol. The second-order valence-corrected chi connectivity index (χ2v) is 6.29. The fourth-order valence-corrected chi connectivity index (χ4v) is 2.79. The van der Waals surface area contributed by atoms with Crippen LogP contribution < -0.4 is 15.5 Å². The Morgan fingerprint density at radius 2 is 2.22 bits per heavy atom. The molecule has 1 aromatic heterocycles. The fraction of sp³-hybridized carbons (Fsp3) is 0.190. The summed E-state index contributed by atoms with van der Waals surface area (Å²) in [6.07, 6.45) is 11.2. The van der Waals surface area contributed by atoms with Gasteiger partial charge in [0.1, 0.15) is 5.82 Å². The van der Waals surface area contributed by atoms with Gasteiger partial charge in [-0.1, -0.05) is 24.8 Å². The normalized spacial score (nSPS) is 12.9. The molecule has 2 aromatic rings. The van der Waals surface area contributed by atoms with E-state index >= 15 is 0 Å². The maximum Gasteiger partial charge on any atom is 0.247 e. The second kappa shape index (κ2) is 8.31. The van der Waals surface area contributed by atoms with Gasteiger partial charge in [-0.3, -0.25) is 4.79 Å². The van der Waals surface area contributed by atoms with Gasteiger partial charge in [0.05, 0.1) is 0 Å². The minimum absolute atomic E-state index is 0.241. The summed E-state index contributed by atoms with van der Waals surface area (Å²) in [7, 11) is 1.94. The van der Waals surface area contributed by atoms with Crippen molar-refractivity contribution in [2.75, 3.05) is 22.6 Å². The molecule has 0 fully saturated rings. The van der Waals surface area contributed by atoms with Crippen molar-refractivity contribution in [2.45, 2.75) is 19.8 Å². The van der Waals surface area contributed by atoms with Crippen LogP contribution in [0.1, 0.15) is 18.4 Å². The number of benzene rings is 1. The lowest BCUT2D eigenvalue weighted by Crippen LogP contribution is -2.15. The van der Waals surface area contributed by atoms with Gasteiger partial charge in [-0.2, -0.15) is 4.98 Å². The van der Waals surface area contributed by atoms with Gasteiger partial charge in [0.2, 0.25) is 11.9 Å². The fourth-order valence-electron chi connectivity index (χ4n) is 2.79. The van der Waals surface area contributed by atoms with Gasteiger partial charge in [-0.25, -0.2) is 4.98 Å². The van der Waals surface area contributed by atoms with Gasteiger partial charge in [-0.05, 0) is 50.1 Å². The van der Waals surface area contributed by atoms with E-state index in [1.807, 2.05) is 61.5 Å². The number of aryl methyl sites for hydroxylation is 1. The number of carbonyl (C=O) groups is 1. The zero-order chi connectivity index (χ0) is 19.2. The minimum Gasteiger partial charge on any atom is -0.329 e. The van der Waals surface area contributed by atoms with E-state index in [1.165, 1.54) is 6.08 Å². The van der Waals surface area contributed by atoms with E-state index in [-0.39, 0.29) is 5.91 Å². The van der Waals surface area contributed by atoms with Crippen molar-refractivity contribution in [2.24, 2.45) is 0 Å². The highest BCUT2D eigenvalue weighted by molar-refractivity contribution is 5.99. The molecule has 27 heavy (non-hydrogen) atoms. The third-order valence-electron chi connectivity index (χ3n) is 4.24. The third-order valence-corrected chi connectivity index (χ3v) is 4.24. The molecule has 0 atom stereocenters. The summed E-state index contributed by atoms with van der Waals surface area (Å²) < 4.78 is 0. The molecule has 1 amide bonds. The molecular formula is C21H23N5O. The van der Waals surface area contributed by atoms with Crippen LogP contribution in [0.4, 0.5) is 23.1 Å². The first kappa shape index (κ1) is 18.4. The van der Waals surface area contributed by atoms with Crippen molar-refractivity contribution >= 4 is 29.0 Å². The van der Waals surface area contributed by atoms with E-state index in [0.29, 0.717) is 11.6 Å². The van der Waals surface area contributed by atoms with Crippen LogP contribution >= 0.6 is 0 Å². The number of aromatic nitrogens is 2. The van der Waals surface area contributed by atoms with Crippen LogP contribution in [0.15, 0.2) is 67.0 Å². The molecule has 0 saturated carbocycles. The van der Waals surface area contributed by atoms with E-state index in [2.05, 4.69) is 33.3 Å². The summed E-state index contributed by atoms with van der Waals surface area (Å²) in [5, 5.41) is 6.07. The van der Waals surface area contributed by atoms with Crippen molar-refractivity contribution in [1.82, 2.24) is 9.97 Å². The highest BCUT2D eigenvalue weighted by atomic mass is 16.1. The number of allylic oxidation sites excluding steroid dienone is 4. The average molecular weight is 361 g/mol. The van der Waals surface area contributed by atoms with Gasteiger partial charge >= 0.3 is 0 Å². The molecule has 1 heterocycles. The molecule has 138 valence electrons. The van der Waals surface area contributed by atoms with E-state index in [4.69, 9.17) is 0 Å². The van der Waals surface area contributed by atoms with Gasteiger partial charge in [-0.15, -0.1) is 0 Å². The molecule has 0 saturated heterocycles. The number of nitrogens with zero attached hydrogens (tertiary/aromatic N) is 3. The molecule has 6 heteroatoms. The molecule has 6 nitrogen and oxygen atoms in total. The first-order valence-corrected chi connectivity index (χ1v) is 8.80. The predicted molar refractivity (Wildman–Crippen MR) is 110 cm³/mol. The Morgan fingerprint density at radius 1 is 1.37 bits per heavy atom. The van der Waals surface area contributed by atoms with E-state index in [0.717, 1.165) is 35.6 Å².